The van der Waals surface area contributed by atoms with Crippen LogP contribution in [0.15, 0.2) is 21.8 Å². The first-order valence-corrected chi connectivity index (χ1v) is 8.93. The number of nitrogen functional groups attached to an aromatic ring is 1. The van der Waals surface area contributed by atoms with Gasteiger partial charge in [0, 0.05) is 11.9 Å². The van der Waals surface area contributed by atoms with Crippen molar-refractivity contribution < 1.29 is 33.9 Å². The number of aliphatic carboxylic acids is 1. The van der Waals surface area contributed by atoms with E-state index >= 15 is 0 Å². The molecule has 1 saturated heterocycles. The summed E-state index contributed by atoms with van der Waals surface area (Å²) in [6, 6.07) is -1.07. The first-order chi connectivity index (χ1) is 13.8. The molecule has 0 aromatic carbocycles. The number of hydrogen-bond acceptors (Lipinski definition) is 11. The van der Waals surface area contributed by atoms with Gasteiger partial charge in [-0.2, -0.15) is 0 Å². The Labute approximate surface area is 167 Å². The van der Waals surface area contributed by atoms with E-state index in [0.29, 0.717) is 0 Å². The lowest BCUT2D eigenvalue weighted by Crippen LogP contribution is -2.46. The van der Waals surface area contributed by atoms with Crippen molar-refractivity contribution in [3.63, 3.8) is 0 Å². The molecule has 3 rings (SSSR count). The minimum atomic E-state index is -1.46. The molecule has 0 saturated carbocycles. The van der Waals surface area contributed by atoms with Crippen molar-refractivity contribution in [2.75, 3.05) is 33.0 Å². The third kappa shape index (κ3) is 3.62. The predicted molar refractivity (Wildman–Crippen MR) is 97.1 cm³/mol. The molecule has 4 N–H and O–H groups in total. The highest BCUT2D eigenvalue weighted by molar-refractivity contribution is 7.13. The zero-order valence-electron chi connectivity index (χ0n) is 15.2. The molecule has 3 heterocycles. The number of nitrogens with zero attached hydrogens (tertiary/aromatic N) is 4. The molecule has 1 aromatic rings. The summed E-state index contributed by atoms with van der Waals surface area (Å²) in [5.41, 5.74) is 4.88. The number of oxime groups is 1. The number of amides is 2. The summed E-state index contributed by atoms with van der Waals surface area (Å²) in [7, 11) is 2.35. The summed E-state index contributed by atoms with van der Waals surface area (Å²) in [6.45, 7) is -0.199. The zero-order chi connectivity index (χ0) is 21.3. The summed E-state index contributed by atoms with van der Waals surface area (Å²) in [4.78, 5) is 57.4. The van der Waals surface area contributed by atoms with Crippen LogP contribution in [0.25, 0.3) is 0 Å². The zero-order valence-corrected chi connectivity index (χ0v) is 16.1. The quantitative estimate of drug-likeness (QED) is 0.267. The van der Waals surface area contributed by atoms with Crippen LogP contribution >= 0.6 is 11.3 Å². The van der Waals surface area contributed by atoms with Crippen LogP contribution in [0.4, 0.5) is 5.13 Å². The van der Waals surface area contributed by atoms with Crippen molar-refractivity contribution in [2.45, 2.75) is 6.04 Å². The highest BCUT2D eigenvalue weighted by atomic mass is 32.1. The fourth-order valence-corrected chi connectivity index (χ4v) is 3.51. The van der Waals surface area contributed by atoms with Crippen LogP contribution in [-0.4, -0.2) is 82.9 Å². The summed E-state index contributed by atoms with van der Waals surface area (Å²) in [6.07, 6.45) is 0. The summed E-state index contributed by atoms with van der Waals surface area (Å²) >= 11 is 1.09. The van der Waals surface area contributed by atoms with Crippen molar-refractivity contribution in [3.05, 3.63) is 22.3 Å². The van der Waals surface area contributed by atoms with Gasteiger partial charge in [0.05, 0.1) is 19.2 Å². The maximum absolute atomic E-state index is 12.7. The van der Waals surface area contributed by atoms with E-state index in [1.54, 1.807) is 0 Å². The van der Waals surface area contributed by atoms with Crippen molar-refractivity contribution >= 4 is 45.9 Å². The molecule has 2 amide bonds. The Morgan fingerprint density at radius 3 is 2.69 bits per heavy atom. The van der Waals surface area contributed by atoms with Gasteiger partial charge >= 0.3 is 11.9 Å². The first kappa shape index (κ1) is 20.2. The topological polar surface area (TPSA) is 177 Å². The number of nitrogens with one attached hydrogen (secondary N) is 1. The molecule has 0 spiro atoms. The average Bonchev–Trinajstić information content (AvgIpc) is 3.34. The molecule has 2 aliphatic rings. The van der Waals surface area contributed by atoms with E-state index in [1.807, 2.05) is 0 Å². The second-order valence-corrected chi connectivity index (χ2v) is 6.73. The molecule has 0 aliphatic carbocycles. The second-order valence-electron chi connectivity index (χ2n) is 5.84. The number of carbonyl (C=O) groups is 4. The first-order valence-electron chi connectivity index (χ1n) is 8.05. The van der Waals surface area contributed by atoms with Crippen LogP contribution in [0, 0.1) is 0 Å². The minimum absolute atomic E-state index is 0.0543. The highest BCUT2D eigenvalue weighted by Gasteiger charge is 2.49. The number of esters is 1. The molecule has 1 fully saturated rings. The number of rotatable bonds is 6. The number of carboxylic acid groups (broad SMARTS) is 1. The van der Waals surface area contributed by atoms with Gasteiger partial charge in [-0.3, -0.25) is 9.59 Å². The van der Waals surface area contributed by atoms with Crippen LogP contribution in [0.3, 0.4) is 0 Å². The van der Waals surface area contributed by atoms with Gasteiger partial charge in [-0.05, 0) is 0 Å². The fourth-order valence-electron chi connectivity index (χ4n) is 2.96. The van der Waals surface area contributed by atoms with Crippen molar-refractivity contribution in [3.8, 4) is 0 Å². The number of thiazole rings is 1. The van der Waals surface area contributed by atoms with Gasteiger partial charge in [-0.25, -0.2) is 24.6 Å². The maximum Gasteiger partial charge on any atom is 0.354 e. The number of hydrogen-bond donors (Lipinski definition) is 3. The van der Waals surface area contributed by atoms with Crippen LogP contribution < -0.4 is 11.1 Å². The predicted octanol–water partition coefficient (Wildman–Crippen LogP) is -1.85. The number of hydrazine groups is 1. The molecule has 154 valence electrons. The van der Waals surface area contributed by atoms with Crippen LogP contribution in [-0.2, 0) is 28.8 Å². The lowest BCUT2D eigenvalue weighted by molar-refractivity contribution is -0.143. The Hall–Kier alpha value is -3.52. The third-order valence-electron chi connectivity index (χ3n) is 4.12. The van der Waals surface area contributed by atoms with Gasteiger partial charge in [-0.1, -0.05) is 5.16 Å². The number of carbonyl (C=O) groups excluding carboxylic acids is 3. The van der Waals surface area contributed by atoms with Gasteiger partial charge in [0.2, 0.25) is 0 Å². The molecular weight excluding hydrogens is 408 g/mol. The summed E-state index contributed by atoms with van der Waals surface area (Å²) < 4.78 is 4.58. The number of carboxylic acids is 1. The number of anilines is 1. The van der Waals surface area contributed by atoms with Gasteiger partial charge in [0.25, 0.3) is 11.8 Å². The lowest BCUT2D eigenvalue weighted by atomic mass is 10.1. The Bertz CT molecular complexity index is 955. The van der Waals surface area contributed by atoms with E-state index in [9.17, 15) is 24.3 Å². The van der Waals surface area contributed by atoms with E-state index in [1.165, 1.54) is 17.5 Å². The number of ether oxygens (including phenoxy) is 1. The van der Waals surface area contributed by atoms with Crippen LogP contribution in [0.1, 0.15) is 5.69 Å². The summed E-state index contributed by atoms with van der Waals surface area (Å²) in [5, 5.41) is 19.4. The average molecular weight is 424 g/mol. The minimum Gasteiger partial charge on any atom is -0.477 e. The molecular formula is C15H16N6O7S. The van der Waals surface area contributed by atoms with Crippen molar-refractivity contribution in [1.29, 1.82) is 0 Å². The van der Waals surface area contributed by atoms with Crippen LogP contribution in [0.5, 0.6) is 0 Å². The molecule has 0 radical (unpaired) electrons. The number of methoxy groups -OCH3 is 1. The third-order valence-corrected chi connectivity index (χ3v) is 4.80. The molecule has 13 nitrogen and oxygen atoms in total. The molecule has 1 atom stereocenters. The van der Waals surface area contributed by atoms with Gasteiger partial charge in [0.1, 0.15) is 18.8 Å². The molecule has 29 heavy (non-hydrogen) atoms. The standard InChI is InChI=1S/C15H16N6O7S/c1-27-14(26)6-3-20-4-7(12(23)21(20)10(6)13(24)25)17-11(22)9(19-28-2)8-5-29-15(16)18-8/h5,7H,3-4H2,1-2H3,(H2,16,18)(H,17,22)(H,24,25)/b19-9+. The Balaban J connectivity index is 1.81. The normalized spacial score (nSPS) is 19.4. The molecule has 1 unspecified atom stereocenters. The smallest absolute Gasteiger partial charge is 0.354 e. The Kier molecular flexibility index (Phi) is 5.47. The maximum atomic E-state index is 12.7. The fraction of sp³-hybridized carbons (Fsp3) is 0.333. The van der Waals surface area contributed by atoms with Gasteiger partial charge in [-0.15, -0.1) is 11.3 Å². The van der Waals surface area contributed by atoms with Crippen LogP contribution in [0.2, 0.25) is 0 Å². The molecule has 1 aromatic heterocycles. The number of fused-ring (bicyclic) bond motifs is 1. The number of aromatic nitrogens is 1. The second kappa shape index (κ2) is 7.84. The lowest BCUT2D eigenvalue weighted by Gasteiger charge is -2.18. The highest BCUT2D eigenvalue weighted by Crippen LogP contribution is 2.30. The SMILES string of the molecule is CO/N=C(/C(=O)NC1CN2CC(C(=O)OC)=C(C(=O)O)N2C1=O)c1csc(N)n1. The van der Waals surface area contributed by atoms with E-state index in [2.05, 4.69) is 25.0 Å². The number of nitrogens with two attached hydrogens (primary N) is 1. The van der Waals surface area contributed by atoms with E-state index in [-0.39, 0.29) is 35.2 Å². The summed E-state index contributed by atoms with van der Waals surface area (Å²) in [5.74, 6) is -3.79. The van der Waals surface area contributed by atoms with Gasteiger partial charge < -0.3 is 25.7 Å². The molecule has 0 bridgehead atoms. The van der Waals surface area contributed by atoms with Crippen molar-refractivity contribution in [1.82, 2.24) is 20.3 Å². The van der Waals surface area contributed by atoms with E-state index in [4.69, 9.17) is 5.73 Å². The molecule has 14 heteroatoms. The Morgan fingerprint density at radius 2 is 2.14 bits per heavy atom. The molecule has 2 aliphatic heterocycles. The van der Waals surface area contributed by atoms with Crippen molar-refractivity contribution in [2.24, 2.45) is 5.16 Å². The Morgan fingerprint density at radius 1 is 1.41 bits per heavy atom. The monoisotopic (exact) mass is 424 g/mol. The van der Waals surface area contributed by atoms with E-state index < -0.39 is 35.5 Å². The largest absolute Gasteiger partial charge is 0.477 e. The van der Waals surface area contributed by atoms with Gasteiger partial charge in [0.15, 0.2) is 16.5 Å². The van der Waals surface area contributed by atoms with E-state index in [0.717, 1.165) is 23.5 Å².